The maximum atomic E-state index is 13.4. The van der Waals surface area contributed by atoms with Gasteiger partial charge in [-0.1, -0.05) is 6.07 Å². The van der Waals surface area contributed by atoms with E-state index in [0.29, 0.717) is 0 Å². The van der Waals surface area contributed by atoms with Crippen LogP contribution in [0, 0.1) is 23.0 Å². The van der Waals surface area contributed by atoms with E-state index < -0.39 is 11.6 Å². The minimum Gasteiger partial charge on any atom is -0.211 e. The fourth-order valence-corrected chi connectivity index (χ4v) is 1.27. The number of nitriles is 1. The zero-order valence-electron chi connectivity index (χ0n) is 7.93. The van der Waals surface area contributed by atoms with E-state index in [-0.39, 0.29) is 17.9 Å². The molecule has 0 aliphatic heterocycles. The zero-order chi connectivity index (χ0) is 11.5. The van der Waals surface area contributed by atoms with Gasteiger partial charge < -0.3 is 0 Å². The smallest absolute Gasteiger partial charge is 0.188 e. The number of nitrogens with zero attached hydrogens (tertiary/aromatic N) is 5. The minimum absolute atomic E-state index is 0.0999. The second-order valence-corrected chi connectivity index (χ2v) is 2.91. The van der Waals surface area contributed by atoms with Crippen molar-refractivity contribution in [3.05, 3.63) is 29.8 Å². The van der Waals surface area contributed by atoms with Crippen molar-refractivity contribution in [2.45, 2.75) is 6.54 Å². The molecule has 0 saturated heterocycles. The van der Waals surface area contributed by atoms with E-state index in [1.54, 1.807) is 6.07 Å². The van der Waals surface area contributed by atoms with Gasteiger partial charge in [0.15, 0.2) is 5.82 Å². The number of aromatic nitrogens is 4. The molecule has 0 fully saturated rings. The Morgan fingerprint density at radius 1 is 1.31 bits per heavy atom. The molecule has 0 unspecified atom stereocenters. The molecule has 0 aliphatic carbocycles. The molecule has 16 heavy (non-hydrogen) atoms. The lowest BCUT2D eigenvalue weighted by molar-refractivity contribution is 0.582. The second kappa shape index (κ2) is 4.02. The van der Waals surface area contributed by atoms with E-state index in [0.717, 1.165) is 16.8 Å². The second-order valence-electron chi connectivity index (χ2n) is 2.91. The highest BCUT2D eigenvalue weighted by atomic mass is 19.1. The van der Waals surface area contributed by atoms with Gasteiger partial charge in [-0.15, -0.1) is 5.10 Å². The van der Waals surface area contributed by atoms with E-state index in [4.69, 9.17) is 5.26 Å². The summed E-state index contributed by atoms with van der Waals surface area (Å²) in [6.45, 7) is -0.171. The fraction of sp³-hybridized carbons (Fsp3) is 0.111. The third-order valence-corrected chi connectivity index (χ3v) is 1.94. The number of hydrogen-bond donors (Lipinski definition) is 0. The van der Waals surface area contributed by atoms with Gasteiger partial charge in [-0.3, -0.25) is 0 Å². The number of hydrogen-bond acceptors (Lipinski definition) is 4. The molecule has 0 spiro atoms. The van der Waals surface area contributed by atoms with Gasteiger partial charge >= 0.3 is 0 Å². The van der Waals surface area contributed by atoms with Crippen LogP contribution >= 0.6 is 0 Å². The minimum atomic E-state index is -0.769. The first-order valence-corrected chi connectivity index (χ1v) is 4.31. The Morgan fingerprint density at radius 3 is 2.62 bits per heavy atom. The van der Waals surface area contributed by atoms with Crippen molar-refractivity contribution < 1.29 is 8.78 Å². The largest absolute Gasteiger partial charge is 0.211 e. The van der Waals surface area contributed by atoms with Crippen molar-refractivity contribution in [1.29, 1.82) is 5.26 Å². The Labute approximate surface area is 88.9 Å². The average Bonchev–Trinajstić information content (AvgIpc) is 2.67. The maximum Gasteiger partial charge on any atom is 0.188 e. The van der Waals surface area contributed by atoms with E-state index in [1.165, 1.54) is 6.07 Å². The average molecular weight is 221 g/mol. The van der Waals surface area contributed by atoms with Crippen molar-refractivity contribution in [3.63, 3.8) is 0 Å². The molecule has 0 bridgehead atoms. The third-order valence-electron chi connectivity index (χ3n) is 1.94. The van der Waals surface area contributed by atoms with Crippen LogP contribution in [0.3, 0.4) is 0 Å². The Balaban J connectivity index is 2.59. The maximum absolute atomic E-state index is 13.4. The lowest BCUT2D eigenvalue weighted by Gasteiger charge is -2.02. The molecule has 1 aromatic carbocycles. The first-order valence-electron chi connectivity index (χ1n) is 4.31. The zero-order valence-corrected chi connectivity index (χ0v) is 7.93. The number of benzene rings is 1. The predicted molar refractivity (Wildman–Crippen MR) is 48.8 cm³/mol. The normalized spacial score (nSPS) is 10.1. The van der Waals surface area contributed by atoms with Crippen LogP contribution in [0.1, 0.15) is 0 Å². The summed E-state index contributed by atoms with van der Waals surface area (Å²) in [6.07, 6.45) is 0. The van der Waals surface area contributed by atoms with E-state index in [2.05, 4.69) is 15.5 Å². The molecule has 80 valence electrons. The summed E-state index contributed by atoms with van der Waals surface area (Å²) in [4.78, 5) is 0. The lowest BCUT2D eigenvalue weighted by atomic mass is 10.2. The van der Waals surface area contributed by atoms with Gasteiger partial charge in [-0.2, -0.15) is 5.26 Å². The lowest BCUT2D eigenvalue weighted by Crippen LogP contribution is -2.03. The summed E-state index contributed by atoms with van der Waals surface area (Å²) in [5.74, 6) is -1.64. The van der Waals surface area contributed by atoms with Crippen LogP contribution in [-0.4, -0.2) is 20.2 Å². The first-order chi connectivity index (χ1) is 7.74. The molecule has 0 radical (unpaired) electrons. The molecule has 0 aliphatic rings. The Bertz CT molecular complexity index is 537. The quantitative estimate of drug-likeness (QED) is 0.762. The van der Waals surface area contributed by atoms with Crippen LogP contribution in [0.25, 0.3) is 11.4 Å². The van der Waals surface area contributed by atoms with Crippen LogP contribution < -0.4 is 0 Å². The summed E-state index contributed by atoms with van der Waals surface area (Å²) in [6, 6.07) is 5.24. The summed E-state index contributed by atoms with van der Waals surface area (Å²) in [7, 11) is 0. The van der Waals surface area contributed by atoms with Gasteiger partial charge in [0.05, 0.1) is 11.6 Å². The Kier molecular flexibility index (Phi) is 2.55. The van der Waals surface area contributed by atoms with E-state index in [9.17, 15) is 8.78 Å². The molecular formula is C9H5F2N5. The van der Waals surface area contributed by atoms with Crippen LogP contribution in [0.4, 0.5) is 8.78 Å². The van der Waals surface area contributed by atoms with Gasteiger partial charge in [0.1, 0.15) is 18.2 Å². The Hall–Kier alpha value is -2.36. The molecule has 7 heteroatoms. The molecule has 0 saturated carbocycles. The molecule has 2 aromatic rings. The summed E-state index contributed by atoms with van der Waals surface area (Å²) in [5.41, 5.74) is -0.331. The van der Waals surface area contributed by atoms with Crippen molar-refractivity contribution in [3.8, 4) is 17.5 Å². The molecule has 0 amide bonds. The Morgan fingerprint density at radius 2 is 2.00 bits per heavy atom. The van der Waals surface area contributed by atoms with Gasteiger partial charge in [0.2, 0.25) is 0 Å². The van der Waals surface area contributed by atoms with Gasteiger partial charge in [0.25, 0.3) is 0 Å². The van der Waals surface area contributed by atoms with Crippen molar-refractivity contribution in [1.82, 2.24) is 20.2 Å². The first kappa shape index (κ1) is 10.2. The summed E-state index contributed by atoms with van der Waals surface area (Å²) in [5, 5.41) is 18.7. The van der Waals surface area contributed by atoms with E-state index in [1.807, 2.05) is 0 Å². The van der Waals surface area contributed by atoms with Crippen molar-refractivity contribution in [2.24, 2.45) is 0 Å². The SMILES string of the molecule is N#CCn1nnnc1-c1c(F)cccc1F. The van der Waals surface area contributed by atoms with Crippen LogP contribution in [0.2, 0.25) is 0 Å². The predicted octanol–water partition coefficient (Wildman–Crippen LogP) is 1.14. The fourth-order valence-electron chi connectivity index (χ4n) is 1.27. The number of halogens is 2. The molecule has 0 N–H and O–H groups in total. The molecule has 1 heterocycles. The highest BCUT2D eigenvalue weighted by molar-refractivity contribution is 5.56. The highest BCUT2D eigenvalue weighted by Crippen LogP contribution is 2.22. The summed E-state index contributed by atoms with van der Waals surface area (Å²) >= 11 is 0. The van der Waals surface area contributed by atoms with Crippen molar-refractivity contribution in [2.75, 3.05) is 0 Å². The third kappa shape index (κ3) is 1.61. The van der Waals surface area contributed by atoms with Crippen LogP contribution in [-0.2, 0) is 6.54 Å². The summed E-state index contributed by atoms with van der Waals surface area (Å²) < 4.78 is 27.8. The van der Waals surface area contributed by atoms with Crippen molar-refractivity contribution >= 4 is 0 Å². The topological polar surface area (TPSA) is 67.4 Å². The molecule has 2 rings (SSSR count). The van der Waals surface area contributed by atoms with Crippen LogP contribution in [0.15, 0.2) is 18.2 Å². The van der Waals surface area contributed by atoms with Gasteiger partial charge in [-0.25, -0.2) is 13.5 Å². The monoisotopic (exact) mass is 221 g/mol. The molecule has 1 aromatic heterocycles. The highest BCUT2D eigenvalue weighted by Gasteiger charge is 2.17. The number of rotatable bonds is 2. The van der Waals surface area contributed by atoms with Crippen LogP contribution in [0.5, 0.6) is 0 Å². The van der Waals surface area contributed by atoms with Gasteiger partial charge in [-0.05, 0) is 22.6 Å². The number of tetrazole rings is 1. The van der Waals surface area contributed by atoms with E-state index >= 15 is 0 Å². The van der Waals surface area contributed by atoms with Gasteiger partial charge in [0, 0.05) is 0 Å². The molecule has 5 nitrogen and oxygen atoms in total. The molecular weight excluding hydrogens is 216 g/mol. The molecule has 0 atom stereocenters. The standard InChI is InChI=1S/C9H5F2N5/c10-6-2-1-3-7(11)8(6)9-13-14-15-16(9)5-4-12/h1-3H,5H2.